The molecule has 0 amide bonds. The number of rotatable bonds is 0. The van der Waals surface area contributed by atoms with Crippen LogP contribution in [0.15, 0.2) is 29.3 Å². The minimum absolute atomic E-state index is 0.907. The third-order valence-electron chi connectivity index (χ3n) is 1.32. The van der Waals surface area contributed by atoms with Crippen LogP contribution in [0.25, 0.3) is 0 Å². The molecule has 1 aromatic carbocycles. The molecule has 0 unspecified atom stereocenters. The molecule has 0 atom stereocenters. The largest absolute Gasteiger partial charge is 0.462 e. The van der Waals surface area contributed by atoms with Crippen LogP contribution in [-0.2, 0) is 4.74 Å². The molecule has 48 valence electrons. The van der Waals surface area contributed by atoms with E-state index < -0.39 is 0 Å². The van der Waals surface area contributed by atoms with Crippen LogP contribution in [0.2, 0.25) is 0 Å². The molecule has 0 saturated heterocycles. The number of aliphatic imine (C=N–C) groups is 1. The standard InChI is InChI=1S/C8H5NO/c1-2-4-8-7(3-1)5-10-6-9-8/h1-4,6H. The van der Waals surface area contributed by atoms with Gasteiger partial charge in [0, 0.05) is 5.56 Å². The maximum Gasteiger partial charge on any atom is 0.233 e. The summed E-state index contributed by atoms with van der Waals surface area (Å²) in [6.07, 6.45) is 1.38. The highest BCUT2D eigenvalue weighted by atomic mass is 16.5. The smallest absolute Gasteiger partial charge is 0.233 e. The summed E-state index contributed by atoms with van der Waals surface area (Å²) in [6, 6.07) is 7.69. The van der Waals surface area contributed by atoms with Gasteiger partial charge in [0.05, 0.1) is 5.69 Å². The lowest BCUT2D eigenvalue weighted by Gasteiger charge is -2.06. The summed E-state index contributed by atoms with van der Waals surface area (Å²) in [4.78, 5) is 3.98. The van der Waals surface area contributed by atoms with Crippen molar-refractivity contribution in [3.05, 3.63) is 36.4 Å². The lowest BCUT2D eigenvalue weighted by Crippen LogP contribution is -1.92. The van der Waals surface area contributed by atoms with Crippen molar-refractivity contribution in [1.82, 2.24) is 0 Å². The first-order valence-corrected chi connectivity index (χ1v) is 3.00. The lowest BCUT2D eigenvalue weighted by molar-refractivity contribution is 0.432. The van der Waals surface area contributed by atoms with Crippen LogP contribution in [0.1, 0.15) is 5.56 Å². The fourth-order valence-corrected chi connectivity index (χ4v) is 0.845. The van der Waals surface area contributed by atoms with E-state index in [2.05, 4.69) is 11.6 Å². The summed E-state index contributed by atoms with van der Waals surface area (Å²) < 4.78 is 4.75. The van der Waals surface area contributed by atoms with Gasteiger partial charge in [0.15, 0.2) is 6.40 Å². The molecule has 1 aliphatic heterocycles. The quantitative estimate of drug-likeness (QED) is 0.525. The predicted molar refractivity (Wildman–Crippen MR) is 38.0 cm³/mol. The Morgan fingerprint density at radius 3 is 3.10 bits per heavy atom. The lowest BCUT2D eigenvalue weighted by atomic mass is 10.2. The molecule has 0 aromatic heterocycles. The van der Waals surface area contributed by atoms with Crippen molar-refractivity contribution in [2.24, 2.45) is 4.99 Å². The summed E-state index contributed by atoms with van der Waals surface area (Å²) in [5, 5.41) is 0. The number of hydrogen-bond acceptors (Lipinski definition) is 2. The molecular formula is C8H5NO. The fourth-order valence-electron chi connectivity index (χ4n) is 0.845. The topological polar surface area (TPSA) is 21.6 Å². The molecule has 0 aliphatic carbocycles. The molecule has 1 aliphatic rings. The van der Waals surface area contributed by atoms with Crippen molar-refractivity contribution < 1.29 is 4.74 Å². The Morgan fingerprint density at radius 2 is 2.20 bits per heavy atom. The molecule has 0 bridgehead atoms. The third-order valence-corrected chi connectivity index (χ3v) is 1.32. The first-order valence-electron chi connectivity index (χ1n) is 3.00. The van der Waals surface area contributed by atoms with Gasteiger partial charge in [0.1, 0.15) is 0 Å². The predicted octanol–water partition coefficient (Wildman–Crippen LogP) is 1.76. The second-order valence-corrected chi connectivity index (χ2v) is 1.97. The Labute approximate surface area is 59.2 Å². The minimum atomic E-state index is 0.907. The summed E-state index contributed by atoms with van der Waals surface area (Å²) >= 11 is 0. The van der Waals surface area contributed by atoms with Crippen molar-refractivity contribution in [2.75, 3.05) is 0 Å². The molecular weight excluding hydrogens is 126 g/mol. The average molecular weight is 131 g/mol. The first kappa shape index (κ1) is 5.47. The van der Waals surface area contributed by atoms with Crippen LogP contribution < -0.4 is 0 Å². The molecule has 2 radical (unpaired) electrons. The number of fused-ring (bicyclic) bond motifs is 1. The second kappa shape index (κ2) is 2.14. The first-order chi connectivity index (χ1) is 4.97. The summed E-state index contributed by atoms with van der Waals surface area (Å²) in [6.45, 7) is 2.71. The molecule has 1 heterocycles. The molecule has 0 fully saturated rings. The summed E-state index contributed by atoms with van der Waals surface area (Å²) in [7, 11) is 0. The van der Waals surface area contributed by atoms with E-state index in [0.717, 1.165) is 11.3 Å². The van der Waals surface area contributed by atoms with Gasteiger partial charge in [-0.2, -0.15) is 0 Å². The SMILES string of the molecule is [C]1OC=Nc2ccccc21. The molecule has 2 nitrogen and oxygen atoms in total. The van der Waals surface area contributed by atoms with E-state index in [-0.39, 0.29) is 0 Å². The van der Waals surface area contributed by atoms with Gasteiger partial charge in [-0.1, -0.05) is 18.2 Å². The van der Waals surface area contributed by atoms with Gasteiger partial charge < -0.3 is 4.74 Å². The monoisotopic (exact) mass is 131 g/mol. The molecule has 2 rings (SSSR count). The summed E-state index contributed by atoms with van der Waals surface area (Å²) in [5.74, 6) is 0. The van der Waals surface area contributed by atoms with E-state index in [1.165, 1.54) is 6.40 Å². The van der Waals surface area contributed by atoms with Gasteiger partial charge >= 0.3 is 0 Å². The van der Waals surface area contributed by atoms with Crippen molar-refractivity contribution in [1.29, 1.82) is 0 Å². The zero-order valence-electron chi connectivity index (χ0n) is 5.24. The maximum atomic E-state index is 4.75. The van der Waals surface area contributed by atoms with Crippen LogP contribution in [0, 0.1) is 6.61 Å². The Bertz CT molecular complexity index is 268. The number of para-hydroxylation sites is 1. The molecule has 0 spiro atoms. The van der Waals surface area contributed by atoms with E-state index in [9.17, 15) is 0 Å². The van der Waals surface area contributed by atoms with E-state index in [1.807, 2.05) is 24.3 Å². The van der Waals surface area contributed by atoms with Crippen LogP contribution in [0.4, 0.5) is 5.69 Å². The number of ether oxygens (including phenoxy) is 1. The highest BCUT2D eigenvalue weighted by Crippen LogP contribution is 2.22. The van der Waals surface area contributed by atoms with Crippen molar-refractivity contribution in [3.63, 3.8) is 0 Å². The van der Waals surface area contributed by atoms with Gasteiger partial charge in [-0.15, -0.1) is 0 Å². The highest BCUT2D eigenvalue weighted by Gasteiger charge is 2.04. The third kappa shape index (κ3) is 0.778. The van der Waals surface area contributed by atoms with E-state index in [1.54, 1.807) is 0 Å². The van der Waals surface area contributed by atoms with Crippen molar-refractivity contribution in [2.45, 2.75) is 0 Å². The van der Waals surface area contributed by atoms with E-state index >= 15 is 0 Å². The Kier molecular flexibility index (Phi) is 1.17. The molecule has 0 saturated carbocycles. The van der Waals surface area contributed by atoms with Gasteiger partial charge in [-0.3, -0.25) is 0 Å². The Balaban J connectivity index is 2.54. The maximum absolute atomic E-state index is 4.75. The van der Waals surface area contributed by atoms with Crippen molar-refractivity contribution in [3.8, 4) is 0 Å². The zero-order chi connectivity index (χ0) is 6.81. The van der Waals surface area contributed by atoms with Gasteiger partial charge in [-0.05, 0) is 6.07 Å². The fraction of sp³-hybridized carbons (Fsp3) is 0. The second-order valence-electron chi connectivity index (χ2n) is 1.97. The van der Waals surface area contributed by atoms with Crippen LogP contribution in [0.5, 0.6) is 0 Å². The molecule has 1 aromatic rings. The summed E-state index contributed by atoms with van der Waals surface area (Å²) in [5.41, 5.74) is 1.82. The van der Waals surface area contributed by atoms with Gasteiger partial charge in [0.25, 0.3) is 0 Å². The van der Waals surface area contributed by atoms with Crippen molar-refractivity contribution >= 4 is 12.1 Å². The number of nitrogens with zero attached hydrogens (tertiary/aromatic N) is 1. The van der Waals surface area contributed by atoms with Gasteiger partial charge in [-0.25, -0.2) is 4.99 Å². The Morgan fingerprint density at radius 1 is 1.30 bits per heavy atom. The zero-order valence-corrected chi connectivity index (χ0v) is 5.24. The Hall–Kier alpha value is -1.31. The van der Waals surface area contributed by atoms with E-state index in [4.69, 9.17) is 4.74 Å². The minimum Gasteiger partial charge on any atom is -0.462 e. The van der Waals surface area contributed by atoms with Crippen LogP contribution >= 0.6 is 0 Å². The average Bonchev–Trinajstić information content (AvgIpc) is 2.05. The highest BCUT2D eigenvalue weighted by molar-refractivity contribution is 5.64. The molecule has 10 heavy (non-hydrogen) atoms. The van der Waals surface area contributed by atoms with E-state index in [0.29, 0.717) is 0 Å². The van der Waals surface area contributed by atoms with Crippen LogP contribution in [0.3, 0.4) is 0 Å². The number of hydrogen-bond donors (Lipinski definition) is 0. The van der Waals surface area contributed by atoms with Crippen LogP contribution in [-0.4, -0.2) is 6.40 Å². The number of benzene rings is 1. The normalized spacial score (nSPS) is 14.0. The molecule has 2 heteroatoms. The van der Waals surface area contributed by atoms with Gasteiger partial charge in [0.2, 0.25) is 6.61 Å². The molecule has 0 N–H and O–H groups in total.